The predicted molar refractivity (Wildman–Crippen MR) is 100 cm³/mol. The number of anilines is 1. The Bertz CT molecular complexity index is 501. The number of nitrogens with zero attached hydrogens (tertiary/aromatic N) is 2. The second-order valence-electron chi connectivity index (χ2n) is 5.81. The third kappa shape index (κ3) is 4.90. The number of carbonyl (C=O) groups excluding carboxylic acids is 1. The number of carbonyl (C=O) groups is 1. The van der Waals surface area contributed by atoms with E-state index in [1.807, 2.05) is 29.2 Å². The van der Waals surface area contributed by atoms with Gasteiger partial charge in [-0.15, -0.1) is 24.8 Å². The zero-order valence-electron chi connectivity index (χ0n) is 13.0. The lowest BCUT2D eigenvalue weighted by Crippen LogP contribution is -2.52. The first-order chi connectivity index (χ1) is 10.3. The van der Waals surface area contributed by atoms with Gasteiger partial charge in [0, 0.05) is 32.7 Å². The maximum absolute atomic E-state index is 12.5. The number of hydrogen-bond acceptors (Lipinski definition) is 3. The highest BCUT2D eigenvalue weighted by Gasteiger charge is 2.28. The fourth-order valence-corrected chi connectivity index (χ4v) is 3.45. The molecule has 0 saturated carbocycles. The average molecular weight is 381 g/mol. The summed E-state index contributed by atoms with van der Waals surface area (Å²) in [5.74, 6) is 0.492. The molecule has 2 aliphatic rings. The molecular formula is C16H24Cl3N3O. The Labute approximate surface area is 155 Å². The Kier molecular flexibility index (Phi) is 8.48. The fourth-order valence-electron chi connectivity index (χ4n) is 3.20. The van der Waals surface area contributed by atoms with Crippen molar-refractivity contribution < 1.29 is 4.79 Å². The summed E-state index contributed by atoms with van der Waals surface area (Å²) < 4.78 is 0. The number of amides is 1. The molecule has 2 aliphatic heterocycles. The summed E-state index contributed by atoms with van der Waals surface area (Å²) in [6.45, 7) is 5.18. The molecule has 0 radical (unpaired) electrons. The summed E-state index contributed by atoms with van der Waals surface area (Å²) >= 11 is 6.25. The van der Waals surface area contributed by atoms with Gasteiger partial charge < -0.3 is 15.1 Å². The summed E-state index contributed by atoms with van der Waals surface area (Å²) in [5.41, 5.74) is 1.07. The highest BCUT2D eigenvalue weighted by molar-refractivity contribution is 6.33. The highest BCUT2D eigenvalue weighted by atomic mass is 35.5. The first-order valence-electron chi connectivity index (χ1n) is 7.74. The zero-order valence-corrected chi connectivity index (χ0v) is 15.4. The number of piperazine rings is 1. The van der Waals surface area contributed by atoms with Gasteiger partial charge in [-0.25, -0.2) is 0 Å². The highest BCUT2D eigenvalue weighted by Crippen LogP contribution is 2.26. The van der Waals surface area contributed by atoms with Gasteiger partial charge in [0.25, 0.3) is 0 Å². The lowest BCUT2D eigenvalue weighted by Gasteiger charge is -2.38. The molecule has 2 fully saturated rings. The molecule has 1 N–H and O–H groups in total. The molecule has 1 amide bonds. The molecule has 0 aliphatic carbocycles. The van der Waals surface area contributed by atoms with Gasteiger partial charge in [-0.2, -0.15) is 0 Å². The number of halogens is 3. The molecule has 2 saturated heterocycles. The average Bonchev–Trinajstić information content (AvgIpc) is 2.56. The van der Waals surface area contributed by atoms with E-state index in [1.165, 1.54) is 0 Å². The molecule has 23 heavy (non-hydrogen) atoms. The maximum atomic E-state index is 12.5. The number of para-hydroxylation sites is 1. The Balaban J connectivity index is 0.00000132. The molecule has 1 atom stereocenters. The van der Waals surface area contributed by atoms with Crippen molar-refractivity contribution in [2.45, 2.75) is 12.8 Å². The fraction of sp³-hybridized carbons (Fsp3) is 0.562. The van der Waals surface area contributed by atoms with Crippen molar-refractivity contribution in [3.8, 4) is 0 Å². The quantitative estimate of drug-likeness (QED) is 0.857. The van der Waals surface area contributed by atoms with Gasteiger partial charge in [0.1, 0.15) is 0 Å². The second-order valence-corrected chi connectivity index (χ2v) is 6.21. The SMILES string of the molecule is Cl.Cl.O=C([C@@H]1CCCNC1)N1CCN(c2ccccc2Cl)CC1. The monoisotopic (exact) mass is 379 g/mol. The molecule has 1 aromatic rings. The van der Waals surface area contributed by atoms with Gasteiger partial charge in [-0.05, 0) is 31.5 Å². The van der Waals surface area contributed by atoms with Gasteiger partial charge in [-0.1, -0.05) is 23.7 Å². The number of nitrogens with one attached hydrogen (secondary N) is 1. The molecule has 4 nitrogen and oxygen atoms in total. The van der Waals surface area contributed by atoms with E-state index in [1.54, 1.807) is 0 Å². The van der Waals surface area contributed by atoms with Crippen molar-refractivity contribution in [3.63, 3.8) is 0 Å². The smallest absolute Gasteiger partial charge is 0.227 e. The van der Waals surface area contributed by atoms with Crippen molar-refractivity contribution >= 4 is 48.0 Å². The molecule has 1 aromatic carbocycles. The van der Waals surface area contributed by atoms with Crippen molar-refractivity contribution in [1.82, 2.24) is 10.2 Å². The summed E-state index contributed by atoms with van der Waals surface area (Å²) in [6.07, 6.45) is 2.13. The summed E-state index contributed by atoms with van der Waals surface area (Å²) in [7, 11) is 0. The summed E-state index contributed by atoms with van der Waals surface area (Å²) in [5, 5.41) is 4.11. The topological polar surface area (TPSA) is 35.6 Å². The van der Waals surface area contributed by atoms with Gasteiger partial charge in [0.15, 0.2) is 0 Å². The van der Waals surface area contributed by atoms with E-state index in [2.05, 4.69) is 10.2 Å². The normalized spacial score (nSPS) is 21.2. The Morgan fingerprint density at radius 2 is 1.83 bits per heavy atom. The van der Waals surface area contributed by atoms with E-state index in [4.69, 9.17) is 11.6 Å². The number of rotatable bonds is 2. The van der Waals surface area contributed by atoms with Crippen LogP contribution in [0.3, 0.4) is 0 Å². The van der Waals surface area contributed by atoms with Crippen molar-refractivity contribution in [3.05, 3.63) is 29.3 Å². The van der Waals surface area contributed by atoms with Gasteiger partial charge in [0.2, 0.25) is 5.91 Å². The molecule has 0 unspecified atom stereocenters. The maximum Gasteiger partial charge on any atom is 0.227 e. The van der Waals surface area contributed by atoms with Crippen LogP contribution in [0.15, 0.2) is 24.3 Å². The zero-order chi connectivity index (χ0) is 14.7. The number of benzene rings is 1. The van der Waals surface area contributed by atoms with Crippen LogP contribution in [0.4, 0.5) is 5.69 Å². The number of hydrogen-bond donors (Lipinski definition) is 1. The van der Waals surface area contributed by atoms with Crippen LogP contribution in [-0.2, 0) is 4.79 Å². The van der Waals surface area contributed by atoms with Crippen LogP contribution in [0.25, 0.3) is 0 Å². The molecule has 2 heterocycles. The van der Waals surface area contributed by atoms with E-state index in [0.717, 1.165) is 62.8 Å². The van der Waals surface area contributed by atoms with E-state index in [0.29, 0.717) is 5.91 Å². The Morgan fingerprint density at radius 3 is 2.43 bits per heavy atom. The van der Waals surface area contributed by atoms with E-state index in [9.17, 15) is 4.79 Å². The van der Waals surface area contributed by atoms with Crippen molar-refractivity contribution in [2.24, 2.45) is 5.92 Å². The minimum absolute atomic E-state index is 0. The second kappa shape index (κ2) is 9.58. The van der Waals surface area contributed by atoms with Crippen LogP contribution < -0.4 is 10.2 Å². The lowest BCUT2D eigenvalue weighted by molar-refractivity contribution is -0.136. The van der Waals surface area contributed by atoms with E-state index in [-0.39, 0.29) is 30.7 Å². The molecule has 0 spiro atoms. The number of piperidine rings is 1. The third-order valence-corrected chi connectivity index (χ3v) is 4.75. The molecule has 130 valence electrons. The van der Waals surface area contributed by atoms with Crippen LogP contribution >= 0.6 is 36.4 Å². The van der Waals surface area contributed by atoms with E-state index < -0.39 is 0 Å². The largest absolute Gasteiger partial charge is 0.367 e. The molecule has 0 bridgehead atoms. The van der Waals surface area contributed by atoms with Crippen LogP contribution in [0.2, 0.25) is 5.02 Å². The Hall–Kier alpha value is -0.680. The van der Waals surface area contributed by atoms with Gasteiger partial charge in [-0.3, -0.25) is 4.79 Å². The van der Waals surface area contributed by atoms with Crippen molar-refractivity contribution in [2.75, 3.05) is 44.2 Å². The standard InChI is InChI=1S/C16H22ClN3O.2ClH/c17-14-5-1-2-6-15(14)19-8-10-20(11-9-19)16(21)13-4-3-7-18-12-13;;/h1-2,5-6,13,18H,3-4,7-12H2;2*1H/t13-;;/m1../s1. The van der Waals surface area contributed by atoms with Crippen LogP contribution in [-0.4, -0.2) is 50.1 Å². The Morgan fingerprint density at radius 1 is 1.13 bits per heavy atom. The molecule has 7 heteroatoms. The third-order valence-electron chi connectivity index (χ3n) is 4.43. The van der Waals surface area contributed by atoms with Gasteiger partial charge >= 0.3 is 0 Å². The molecule has 0 aromatic heterocycles. The predicted octanol–water partition coefficient (Wildman–Crippen LogP) is 2.83. The minimum atomic E-state index is 0. The van der Waals surface area contributed by atoms with Crippen molar-refractivity contribution in [1.29, 1.82) is 0 Å². The molecular weight excluding hydrogens is 357 g/mol. The van der Waals surface area contributed by atoms with Crippen LogP contribution in [0, 0.1) is 5.92 Å². The molecule has 3 rings (SSSR count). The first kappa shape index (κ1) is 20.4. The first-order valence-corrected chi connectivity index (χ1v) is 8.12. The summed E-state index contributed by atoms with van der Waals surface area (Å²) in [4.78, 5) is 16.8. The van der Waals surface area contributed by atoms with Crippen LogP contribution in [0.5, 0.6) is 0 Å². The van der Waals surface area contributed by atoms with Gasteiger partial charge in [0.05, 0.1) is 16.6 Å². The van der Waals surface area contributed by atoms with E-state index >= 15 is 0 Å². The van der Waals surface area contributed by atoms with Crippen LogP contribution in [0.1, 0.15) is 12.8 Å². The summed E-state index contributed by atoms with van der Waals surface area (Å²) in [6, 6.07) is 7.92. The lowest BCUT2D eigenvalue weighted by atomic mass is 9.98. The minimum Gasteiger partial charge on any atom is -0.367 e.